The number of hydrogen-bond acceptors (Lipinski definition) is 3. The van der Waals surface area contributed by atoms with Gasteiger partial charge in [-0.2, -0.15) is 0 Å². The summed E-state index contributed by atoms with van der Waals surface area (Å²) in [6.07, 6.45) is 4.50. The van der Waals surface area contributed by atoms with E-state index in [0.717, 1.165) is 31.5 Å². The van der Waals surface area contributed by atoms with Crippen molar-refractivity contribution in [3.05, 3.63) is 34.9 Å². The number of carbonyl (C=O) groups excluding carboxylic acids is 2. The quantitative estimate of drug-likeness (QED) is 0.795. The molecule has 2 aliphatic heterocycles. The Balaban J connectivity index is 1.47. The molecule has 5 heteroatoms. The molecule has 1 aromatic carbocycles. The van der Waals surface area contributed by atoms with Crippen LogP contribution in [0.1, 0.15) is 49.4 Å². The molecule has 0 aromatic heterocycles. The van der Waals surface area contributed by atoms with Crippen LogP contribution in [0.15, 0.2) is 24.3 Å². The minimum absolute atomic E-state index is 0.0158. The Hall–Kier alpha value is -1.39. The van der Waals surface area contributed by atoms with E-state index in [2.05, 4.69) is 12.2 Å². The summed E-state index contributed by atoms with van der Waals surface area (Å²) < 4.78 is 0. The highest BCUT2D eigenvalue weighted by Gasteiger charge is 2.29. The van der Waals surface area contributed by atoms with Crippen molar-refractivity contribution in [3.63, 3.8) is 0 Å². The van der Waals surface area contributed by atoms with Gasteiger partial charge >= 0.3 is 0 Å². The van der Waals surface area contributed by atoms with Crippen LogP contribution < -0.4 is 5.32 Å². The fraction of sp³-hybridized carbons (Fsp3) is 0.619. The molecule has 1 N–H and O–H groups in total. The largest absolute Gasteiger partial charge is 0.343 e. The number of amides is 1. The van der Waals surface area contributed by atoms with Crippen LogP contribution in [0.5, 0.6) is 0 Å². The monoisotopic (exact) mass is 376 g/mol. The molecule has 2 saturated heterocycles. The van der Waals surface area contributed by atoms with E-state index in [1.165, 1.54) is 12.8 Å². The Morgan fingerprint density at radius 2 is 1.73 bits per heavy atom. The van der Waals surface area contributed by atoms with Crippen LogP contribution in [0.2, 0.25) is 5.02 Å². The number of ketones is 1. The molecular weight excluding hydrogens is 348 g/mol. The van der Waals surface area contributed by atoms with Crippen molar-refractivity contribution in [2.75, 3.05) is 26.2 Å². The molecule has 2 heterocycles. The third kappa shape index (κ3) is 4.86. The van der Waals surface area contributed by atoms with Gasteiger partial charge in [-0.1, -0.05) is 18.5 Å². The minimum atomic E-state index is 0.0158. The lowest BCUT2D eigenvalue weighted by Crippen LogP contribution is -2.41. The smallest absolute Gasteiger partial charge is 0.222 e. The van der Waals surface area contributed by atoms with Gasteiger partial charge in [0.05, 0.1) is 0 Å². The molecule has 2 fully saturated rings. The van der Waals surface area contributed by atoms with Gasteiger partial charge in [0.15, 0.2) is 5.78 Å². The van der Waals surface area contributed by atoms with E-state index >= 15 is 0 Å². The van der Waals surface area contributed by atoms with E-state index in [0.29, 0.717) is 36.4 Å². The van der Waals surface area contributed by atoms with Crippen LogP contribution in [0, 0.1) is 17.8 Å². The Morgan fingerprint density at radius 3 is 2.35 bits per heavy atom. The molecule has 0 saturated carbocycles. The number of hydrogen-bond donors (Lipinski definition) is 1. The average Bonchev–Trinajstić information content (AvgIpc) is 2.69. The first-order valence-electron chi connectivity index (χ1n) is 9.83. The maximum Gasteiger partial charge on any atom is 0.222 e. The number of piperidine rings is 2. The highest BCUT2D eigenvalue weighted by Crippen LogP contribution is 2.27. The standard InChI is InChI=1S/C21H29ClN2O2/c1-15(16-6-10-23-11-7-16)14-20(25)24-12-8-18(9-13-24)21(26)17-2-4-19(22)5-3-17/h2-5,15-16,18,23H,6-14H2,1H3. The van der Waals surface area contributed by atoms with E-state index in [9.17, 15) is 9.59 Å². The lowest BCUT2D eigenvalue weighted by atomic mass is 9.83. The third-order valence-electron chi connectivity index (χ3n) is 6.03. The predicted molar refractivity (Wildman–Crippen MR) is 104 cm³/mol. The molecule has 2 aliphatic rings. The highest BCUT2D eigenvalue weighted by molar-refractivity contribution is 6.30. The number of rotatable bonds is 5. The summed E-state index contributed by atoms with van der Waals surface area (Å²) in [6.45, 7) is 5.75. The molecule has 0 spiro atoms. The molecule has 0 bridgehead atoms. The Bertz CT molecular complexity index is 617. The van der Waals surface area contributed by atoms with Crippen molar-refractivity contribution in [2.24, 2.45) is 17.8 Å². The summed E-state index contributed by atoms with van der Waals surface area (Å²) in [4.78, 5) is 27.2. The second-order valence-corrected chi connectivity index (χ2v) is 8.23. The molecule has 0 aliphatic carbocycles. The van der Waals surface area contributed by atoms with Gasteiger partial charge in [0, 0.05) is 36.0 Å². The van der Waals surface area contributed by atoms with Gasteiger partial charge in [-0.25, -0.2) is 0 Å². The van der Waals surface area contributed by atoms with Crippen LogP contribution in [0.25, 0.3) is 0 Å². The van der Waals surface area contributed by atoms with E-state index < -0.39 is 0 Å². The highest BCUT2D eigenvalue weighted by atomic mass is 35.5. The minimum Gasteiger partial charge on any atom is -0.343 e. The summed E-state index contributed by atoms with van der Waals surface area (Å²) in [5.74, 6) is 1.55. The predicted octanol–water partition coefficient (Wildman–Crippen LogP) is 3.79. The second kappa shape index (κ2) is 9.01. The molecule has 3 rings (SSSR count). The van der Waals surface area contributed by atoms with Gasteiger partial charge < -0.3 is 10.2 Å². The summed E-state index contributed by atoms with van der Waals surface area (Å²) in [7, 11) is 0. The number of nitrogens with one attached hydrogen (secondary N) is 1. The Kier molecular flexibility index (Phi) is 6.71. The topological polar surface area (TPSA) is 49.4 Å². The van der Waals surface area contributed by atoms with Gasteiger partial charge in [0.2, 0.25) is 5.91 Å². The average molecular weight is 377 g/mol. The summed E-state index contributed by atoms with van der Waals surface area (Å²) in [5.41, 5.74) is 0.721. The molecule has 1 unspecified atom stereocenters. The van der Waals surface area contributed by atoms with Crippen molar-refractivity contribution >= 4 is 23.3 Å². The first-order valence-corrected chi connectivity index (χ1v) is 10.2. The first kappa shape index (κ1) is 19.4. The van der Waals surface area contributed by atoms with Crippen molar-refractivity contribution in [2.45, 2.75) is 39.0 Å². The number of likely N-dealkylation sites (tertiary alicyclic amines) is 1. The SMILES string of the molecule is CC(CC(=O)N1CCC(C(=O)c2ccc(Cl)cc2)CC1)C1CCNCC1. The number of carbonyl (C=O) groups is 2. The summed E-state index contributed by atoms with van der Waals surface area (Å²) in [5, 5.41) is 4.03. The van der Waals surface area contributed by atoms with Gasteiger partial charge in [-0.15, -0.1) is 0 Å². The molecule has 1 atom stereocenters. The van der Waals surface area contributed by atoms with Gasteiger partial charge in [-0.05, 0) is 74.9 Å². The van der Waals surface area contributed by atoms with Crippen LogP contribution in [-0.4, -0.2) is 42.8 Å². The third-order valence-corrected chi connectivity index (χ3v) is 6.28. The fourth-order valence-electron chi connectivity index (χ4n) is 4.23. The zero-order chi connectivity index (χ0) is 18.5. The molecular formula is C21H29ClN2O2. The maximum atomic E-state index is 12.6. The lowest BCUT2D eigenvalue weighted by molar-refractivity contribution is -0.133. The number of halogens is 1. The van der Waals surface area contributed by atoms with E-state index in [4.69, 9.17) is 11.6 Å². The number of benzene rings is 1. The number of Topliss-reactive ketones (excluding diaryl/α,β-unsaturated/α-hetero) is 1. The molecule has 1 aromatic rings. The molecule has 26 heavy (non-hydrogen) atoms. The Labute approximate surface area is 161 Å². The zero-order valence-electron chi connectivity index (χ0n) is 15.5. The fourth-order valence-corrected chi connectivity index (χ4v) is 4.35. The molecule has 4 nitrogen and oxygen atoms in total. The zero-order valence-corrected chi connectivity index (χ0v) is 16.3. The van der Waals surface area contributed by atoms with Crippen molar-refractivity contribution in [3.8, 4) is 0 Å². The van der Waals surface area contributed by atoms with Gasteiger partial charge in [0.25, 0.3) is 0 Å². The van der Waals surface area contributed by atoms with Crippen LogP contribution in [0.4, 0.5) is 0 Å². The van der Waals surface area contributed by atoms with Crippen LogP contribution in [-0.2, 0) is 4.79 Å². The van der Waals surface area contributed by atoms with Crippen molar-refractivity contribution in [1.82, 2.24) is 10.2 Å². The molecule has 1 amide bonds. The van der Waals surface area contributed by atoms with Crippen molar-refractivity contribution < 1.29 is 9.59 Å². The summed E-state index contributed by atoms with van der Waals surface area (Å²) >= 11 is 5.89. The second-order valence-electron chi connectivity index (χ2n) is 7.80. The van der Waals surface area contributed by atoms with Crippen LogP contribution >= 0.6 is 11.6 Å². The summed E-state index contributed by atoms with van der Waals surface area (Å²) in [6, 6.07) is 7.11. The maximum absolute atomic E-state index is 12.6. The van der Waals surface area contributed by atoms with E-state index in [-0.39, 0.29) is 17.6 Å². The molecule has 142 valence electrons. The normalized spacial score (nSPS) is 20.8. The Morgan fingerprint density at radius 1 is 1.12 bits per heavy atom. The van der Waals surface area contributed by atoms with Gasteiger partial charge in [-0.3, -0.25) is 9.59 Å². The van der Waals surface area contributed by atoms with E-state index in [1.807, 2.05) is 4.90 Å². The molecule has 0 radical (unpaired) electrons. The van der Waals surface area contributed by atoms with Crippen molar-refractivity contribution in [1.29, 1.82) is 0 Å². The number of nitrogens with zero attached hydrogens (tertiary/aromatic N) is 1. The van der Waals surface area contributed by atoms with Crippen LogP contribution in [0.3, 0.4) is 0 Å². The lowest BCUT2D eigenvalue weighted by Gasteiger charge is -2.34. The van der Waals surface area contributed by atoms with Gasteiger partial charge in [0.1, 0.15) is 0 Å². The van der Waals surface area contributed by atoms with E-state index in [1.54, 1.807) is 24.3 Å². The first-order chi connectivity index (χ1) is 12.5.